The van der Waals surface area contributed by atoms with E-state index in [1.165, 1.54) is 12.1 Å². The second-order valence-electron chi connectivity index (χ2n) is 4.51. The third kappa shape index (κ3) is 1.97. The summed E-state index contributed by atoms with van der Waals surface area (Å²) in [5.41, 5.74) is 6.95. The Labute approximate surface area is 95.6 Å². The zero-order valence-corrected chi connectivity index (χ0v) is 9.58. The highest BCUT2D eigenvalue weighted by Crippen LogP contribution is 2.41. The van der Waals surface area contributed by atoms with Crippen molar-refractivity contribution < 1.29 is 9.13 Å². The summed E-state index contributed by atoms with van der Waals surface area (Å²) < 4.78 is 18.5. The van der Waals surface area contributed by atoms with Crippen LogP contribution in [0.3, 0.4) is 0 Å². The molecular formula is C13H18FNO. The standard InChI is InChI=1S/C13H18FNO/c1-16-13(8-2-3-9-13)12(15)10-4-6-11(14)7-5-10/h4-7,12H,2-3,8-9,15H2,1H3. The summed E-state index contributed by atoms with van der Waals surface area (Å²) in [6.07, 6.45) is 4.29. The van der Waals surface area contributed by atoms with Crippen molar-refractivity contribution in [3.63, 3.8) is 0 Å². The highest BCUT2D eigenvalue weighted by Gasteiger charge is 2.40. The van der Waals surface area contributed by atoms with Crippen LogP contribution in [0.15, 0.2) is 24.3 Å². The van der Waals surface area contributed by atoms with Crippen LogP contribution in [0.4, 0.5) is 4.39 Å². The second-order valence-corrected chi connectivity index (χ2v) is 4.51. The largest absolute Gasteiger partial charge is 0.376 e. The lowest BCUT2D eigenvalue weighted by Crippen LogP contribution is -2.40. The van der Waals surface area contributed by atoms with Gasteiger partial charge in [0.15, 0.2) is 0 Å². The third-order valence-electron chi connectivity index (χ3n) is 3.65. The lowest BCUT2D eigenvalue weighted by Gasteiger charge is -2.34. The highest BCUT2D eigenvalue weighted by atomic mass is 19.1. The number of methoxy groups -OCH3 is 1. The van der Waals surface area contributed by atoms with Crippen molar-refractivity contribution in [3.05, 3.63) is 35.6 Å². The molecule has 2 rings (SSSR count). The third-order valence-corrected chi connectivity index (χ3v) is 3.65. The van der Waals surface area contributed by atoms with Gasteiger partial charge in [-0.25, -0.2) is 4.39 Å². The van der Waals surface area contributed by atoms with Crippen molar-refractivity contribution in [3.8, 4) is 0 Å². The average molecular weight is 223 g/mol. The Morgan fingerprint density at radius 2 is 1.81 bits per heavy atom. The van der Waals surface area contributed by atoms with E-state index in [0.29, 0.717) is 0 Å². The van der Waals surface area contributed by atoms with E-state index in [1.54, 1.807) is 19.2 Å². The van der Waals surface area contributed by atoms with E-state index in [0.717, 1.165) is 31.2 Å². The normalized spacial score (nSPS) is 20.9. The first-order chi connectivity index (χ1) is 7.68. The maximum atomic E-state index is 12.8. The molecule has 0 bridgehead atoms. The summed E-state index contributed by atoms with van der Waals surface area (Å²) in [6.45, 7) is 0. The molecule has 2 nitrogen and oxygen atoms in total. The molecule has 1 aromatic carbocycles. The number of hydrogen-bond acceptors (Lipinski definition) is 2. The summed E-state index contributed by atoms with van der Waals surface area (Å²) in [5, 5.41) is 0. The summed E-state index contributed by atoms with van der Waals surface area (Å²) in [4.78, 5) is 0. The van der Waals surface area contributed by atoms with Crippen molar-refractivity contribution in [1.82, 2.24) is 0 Å². The molecule has 0 spiro atoms. The molecule has 0 amide bonds. The predicted molar refractivity (Wildman–Crippen MR) is 61.5 cm³/mol. The molecule has 1 fully saturated rings. The molecule has 2 N–H and O–H groups in total. The van der Waals surface area contributed by atoms with Crippen molar-refractivity contribution in [2.45, 2.75) is 37.3 Å². The number of benzene rings is 1. The van der Waals surface area contributed by atoms with Crippen molar-refractivity contribution in [1.29, 1.82) is 0 Å². The first-order valence-electron chi connectivity index (χ1n) is 5.74. The van der Waals surface area contributed by atoms with Crippen LogP contribution in [0.2, 0.25) is 0 Å². The van der Waals surface area contributed by atoms with Gasteiger partial charge >= 0.3 is 0 Å². The Hall–Kier alpha value is -0.930. The summed E-state index contributed by atoms with van der Waals surface area (Å²) in [7, 11) is 1.72. The van der Waals surface area contributed by atoms with Crippen LogP contribution in [-0.4, -0.2) is 12.7 Å². The number of rotatable bonds is 3. The number of hydrogen-bond donors (Lipinski definition) is 1. The molecule has 3 heteroatoms. The van der Waals surface area contributed by atoms with E-state index < -0.39 is 0 Å². The molecule has 0 radical (unpaired) electrons. The minimum absolute atomic E-state index is 0.166. The van der Waals surface area contributed by atoms with Crippen molar-refractivity contribution in [2.24, 2.45) is 5.73 Å². The van der Waals surface area contributed by atoms with E-state index >= 15 is 0 Å². The van der Waals surface area contributed by atoms with Gasteiger partial charge in [-0.3, -0.25) is 0 Å². The van der Waals surface area contributed by atoms with Crippen LogP contribution < -0.4 is 5.73 Å². The highest BCUT2D eigenvalue weighted by molar-refractivity contribution is 5.23. The number of ether oxygens (including phenoxy) is 1. The first kappa shape index (κ1) is 11.6. The van der Waals surface area contributed by atoms with Crippen LogP contribution in [0.25, 0.3) is 0 Å². The van der Waals surface area contributed by atoms with Crippen LogP contribution in [0.1, 0.15) is 37.3 Å². The van der Waals surface area contributed by atoms with E-state index in [9.17, 15) is 4.39 Å². The molecular weight excluding hydrogens is 205 g/mol. The quantitative estimate of drug-likeness (QED) is 0.855. The van der Waals surface area contributed by atoms with Gasteiger partial charge in [0.25, 0.3) is 0 Å². The Bertz CT molecular complexity index is 343. The van der Waals surface area contributed by atoms with Crippen LogP contribution in [-0.2, 0) is 4.74 Å². The number of halogens is 1. The Balaban J connectivity index is 2.23. The molecule has 0 heterocycles. The maximum Gasteiger partial charge on any atom is 0.123 e. The average Bonchev–Trinajstić information content (AvgIpc) is 2.79. The molecule has 1 atom stereocenters. The van der Waals surface area contributed by atoms with Gasteiger partial charge in [-0.1, -0.05) is 25.0 Å². The first-order valence-corrected chi connectivity index (χ1v) is 5.74. The van der Waals surface area contributed by atoms with E-state index in [4.69, 9.17) is 10.5 Å². The molecule has 1 aliphatic carbocycles. The Morgan fingerprint density at radius 1 is 1.25 bits per heavy atom. The van der Waals surface area contributed by atoms with Crippen molar-refractivity contribution >= 4 is 0 Å². The SMILES string of the molecule is COC1(C(N)c2ccc(F)cc2)CCCC1. The molecule has 1 aromatic rings. The van der Waals surface area contributed by atoms with Crippen molar-refractivity contribution in [2.75, 3.05) is 7.11 Å². The Kier molecular flexibility index (Phi) is 3.26. The van der Waals surface area contributed by atoms with Gasteiger partial charge in [-0.05, 0) is 30.5 Å². The van der Waals surface area contributed by atoms with E-state index in [-0.39, 0.29) is 17.5 Å². The molecule has 1 aliphatic rings. The summed E-state index contributed by atoms with van der Waals surface area (Å²) in [6, 6.07) is 6.24. The zero-order valence-electron chi connectivity index (χ0n) is 9.58. The van der Waals surface area contributed by atoms with Gasteiger partial charge in [0, 0.05) is 7.11 Å². The van der Waals surface area contributed by atoms with Gasteiger partial charge < -0.3 is 10.5 Å². The van der Waals surface area contributed by atoms with Gasteiger partial charge in [0.1, 0.15) is 5.82 Å². The maximum absolute atomic E-state index is 12.8. The number of nitrogens with two attached hydrogens (primary N) is 1. The summed E-state index contributed by atoms with van der Waals surface area (Å²) in [5.74, 6) is -0.228. The van der Waals surface area contributed by atoms with Crippen LogP contribution >= 0.6 is 0 Å². The zero-order chi connectivity index (χ0) is 11.6. The fourth-order valence-electron chi connectivity index (χ4n) is 2.59. The Morgan fingerprint density at radius 3 is 2.31 bits per heavy atom. The molecule has 1 saturated carbocycles. The fraction of sp³-hybridized carbons (Fsp3) is 0.538. The topological polar surface area (TPSA) is 35.2 Å². The van der Waals surface area contributed by atoms with Crippen LogP contribution in [0.5, 0.6) is 0 Å². The second kappa shape index (κ2) is 4.52. The predicted octanol–water partition coefficient (Wildman–Crippen LogP) is 2.78. The molecule has 1 unspecified atom stereocenters. The van der Waals surface area contributed by atoms with Gasteiger partial charge in [0.2, 0.25) is 0 Å². The van der Waals surface area contributed by atoms with Crippen LogP contribution in [0, 0.1) is 5.82 Å². The molecule has 16 heavy (non-hydrogen) atoms. The van der Waals surface area contributed by atoms with E-state index in [1.807, 2.05) is 0 Å². The van der Waals surface area contributed by atoms with Gasteiger partial charge in [0.05, 0.1) is 11.6 Å². The molecule has 0 aromatic heterocycles. The monoisotopic (exact) mass is 223 g/mol. The molecule has 88 valence electrons. The molecule has 0 aliphatic heterocycles. The minimum Gasteiger partial charge on any atom is -0.376 e. The lowest BCUT2D eigenvalue weighted by atomic mass is 9.87. The smallest absolute Gasteiger partial charge is 0.123 e. The summed E-state index contributed by atoms with van der Waals surface area (Å²) >= 11 is 0. The molecule has 0 saturated heterocycles. The van der Waals surface area contributed by atoms with Gasteiger partial charge in [-0.15, -0.1) is 0 Å². The minimum atomic E-state index is -0.252. The van der Waals surface area contributed by atoms with Gasteiger partial charge in [-0.2, -0.15) is 0 Å². The van der Waals surface area contributed by atoms with E-state index in [2.05, 4.69) is 0 Å². The fourth-order valence-corrected chi connectivity index (χ4v) is 2.59. The lowest BCUT2D eigenvalue weighted by molar-refractivity contribution is -0.0264.